The van der Waals surface area contributed by atoms with Crippen molar-refractivity contribution in [3.8, 4) is 5.82 Å². The molecule has 0 spiro atoms. The summed E-state index contributed by atoms with van der Waals surface area (Å²) < 4.78 is 1.93. The van der Waals surface area contributed by atoms with Gasteiger partial charge in [-0.3, -0.25) is 4.57 Å². The number of imidazole rings is 1. The lowest BCUT2D eigenvalue weighted by Gasteiger charge is -2.07. The van der Waals surface area contributed by atoms with Crippen LogP contribution in [0.4, 0.5) is 10.5 Å². The van der Waals surface area contributed by atoms with E-state index in [1.54, 1.807) is 23.2 Å². The second-order valence-corrected chi connectivity index (χ2v) is 5.62. The molecule has 0 aliphatic heterocycles. The maximum Gasteiger partial charge on any atom is 0.319 e. The number of nitrogens with zero attached hydrogens (tertiary/aromatic N) is 3. The Morgan fingerprint density at radius 1 is 1.36 bits per heavy atom. The SMILES string of the molecule is CCCCNC(=O)Nc1ccc2c(c1)ncn2-c1cscn1. The molecule has 0 saturated heterocycles. The van der Waals surface area contributed by atoms with Crippen molar-refractivity contribution in [1.29, 1.82) is 0 Å². The van der Waals surface area contributed by atoms with Crippen LogP contribution in [0, 0.1) is 0 Å². The van der Waals surface area contributed by atoms with Crippen molar-refractivity contribution in [3.63, 3.8) is 0 Å². The first-order chi connectivity index (χ1) is 10.8. The molecule has 0 radical (unpaired) electrons. The number of unbranched alkanes of at least 4 members (excludes halogenated alkanes) is 1. The maximum absolute atomic E-state index is 11.8. The Balaban J connectivity index is 1.75. The topological polar surface area (TPSA) is 71.8 Å². The van der Waals surface area contributed by atoms with Gasteiger partial charge in [-0.1, -0.05) is 13.3 Å². The Labute approximate surface area is 132 Å². The molecule has 2 heterocycles. The lowest BCUT2D eigenvalue weighted by Crippen LogP contribution is -2.29. The molecular weight excluding hydrogens is 298 g/mol. The Bertz CT molecular complexity index is 765. The van der Waals surface area contributed by atoms with Crippen molar-refractivity contribution < 1.29 is 4.79 Å². The van der Waals surface area contributed by atoms with Gasteiger partial charge in [0.2, 0.25) is 0 Å². The van der Waals surface area contributed by atoms with Gasteiger partial charge >= 0.3 is 6.03 Å². The normalized spacial score (nSPS) is 10.8. The van der Waals surface area contributed by atoms with Crippen LogP contribution in [0.1, 0.15) is 19.8 Å². The number of aromatic nitrogens is 3. The van der Waals surface area contributed by atoms with Gasteiger partial charge in [0, 0.05) is 17.6 Å². The van der Waals surface area contributed by atoms with Gasteiger partial charge < -0.3 is 10.6 Å². The molecule has 7 heteroatoms. The zero-order valence-corrected chi connectivity index (χ0v) is 13.1. The predicted octanol–water partition coefficient (Wildman–Crippen LogP) is 3.40. The number of carbonyl (C=O) groups is 1. The first-order valence-electron chi connectivity index (χ1n) is 7.18. The van der Waals surface area contributed by atoms with E-state index in [0.717, 1.165) is 35.4 Å². The van der Waals surface area contributed by atoms with E-state index in [9.17, 15) is 4.79 Å². The largest absolute Gasteiger partial charge is 0.338 e. The lowest BCUT2D eigenvalue weighted by molar-refractivity contribution is 0.252. The van der Waals surface area contributed by atoms with Crippen molar-refractivity contribution >= 4 is 34.1 Å². The summed E-state index contributed by atoms with van der Waals surface area (Å²) in [5.41, 5.74) is 4.30. The van der Waals surface area contributed by atoms with E-state index in [-0.39, 0.29) is 6.03 Å². The molecule has 114 valence electrons. The highest BCUT2D eigenvalue weighted by atomic mass is 32.1. The minimum Gasteiger partial charge on any atom is -0.338 e. The fraction of sp³-hybridized carbons (Fsp3) is 0.267. The fourth-order valence-electron chi connectivity index (χ4n) is 2.15. The van der Waals surface area contributed by atoms with Crippen LogP contribution >= 0.6 is 11.3 Å². The number of amides is 2. The van der Waals surface area contributed by atoms with E-state index < -0.39 is 0 Å². The fourth-order valence-corrected chi connectivity index (χ4v) is 2.68. The monoisotopic (exact) mass is 315 g/mol. The van der Waals surface area contributed by atoms with Crippen LogP contribution in [0.25, 0.3) is 16.9 Å². The first kappa shape index (κ1) is 14.5. The van der Waals surface area contributed by atoms with Crippen molar-refractivity contribution in [1.82, 2.24) is 19.9 Å². The minimum absolute atomic E-state index is 0.188. The van der Waals surface area contributed by atoms with E-state index in [1.165, 1.54) is 0 Å². The van der Waals surface area contributed by atoms with E-state index >= 15 is 0 Å². The van der Waals surface area contributed by atoms with Crippen molar-refractivity contribution in [2.45, 2.75) is 19.8 Å². The van der Waals surface area contributed by atoms with Crippen LogP contribution in [0.5, 0.6) is 0 Å². The number of hydrogen-bond acceptors (Lipinski definition) is 4. The lowest BCUT2D eigenvalue weighted by atomic mass is 10.2. The number of thiazole rings is 1. The third-order valence-corrected chi connectivity index (χ3v) is 3.86. The van der Waals surface area contributed by atoms with Crippen molar-refractivity contribution in [2.75, 3.05) is 11.9 Å². The van der Waals surface area contributed by atoms with Gasteiger partial charge in [0.15, 0.2) is 0 Å². The summed E-state index contributed by atoms with van der Waals surface area (Å²) in [4.78, 5) is 20.4. The third kappa shape index (κ3) is 3.09. The number of carbonyl (C=O) groups excluding carboxylic acids is 1. The van der Waals surface area contributed by atoms with Crippen LogP contribution in [0.2, 0.25) is 0 Å². The molecule has 0 aliphatic carbocycles. The molecule has 0 bridgehead atoms. The van der Waals surface area contributed by atoms with Crippen molar-refractivity contribution in [2.24, 2.45) is 0 Å². The summed E-state index contributed by atoms with van der Waals surface area (Å²) in [6.07, 6.45) is 3.77. The van der Waals surface area contributed by atoms with Crippen LogP contribution in [0.3, 0.4) is 0 Å². The Morgan fingerprint density at radius 3 is 3.05 bits per heavy atom. The highest BCUT2D eigenvalue weighted by Gasteiger charge is 2.08. The number of fused-ring (bicyclic) bond motifs is 1. The number of rotatable bonds is 5. The smallest absolute Gasteiger partial charge is 0.319 e. The summed E-state index contributed by atoms with van der Waals surface area (Å²) in [5.74, 6) is 0.852. The van der Waals surface area contributed by atoms with Gasteiger partial charge in [-0.05, 0) is 24.6 Å². The van der Waals surface area contributed by atoms with E-state index in [4.69, 9.17) is 0 Å². The second-order valence-electron chi connectivity index (χ2n) is 4.90. The minimum atomic E-state index is -0.188. The molecule has 0 atom stereocenters. The van der Waals surface area contributed by atoms with E-state index in [1.807, 2.05) is 28.1 Å². The van der Waals surface area contributed by atoms with Gasteiger partial charge in [-0.25, -0.2) is 14.8 Å². The molecule has 0 saturated carbocycles. The maximum atomic E-state index is 11.8. The summed E-state index contributed by atoms with van der Waals surface area (Å²) >= 11 is 1.54. The van der Waals surface area contributed by atoms with Gasteiger partial charge in [-0.2, -0.15) is 0 Å². The molecule has 0 aliphatic rings. The molecule has 22 heavy (non-hydrogen) atoms. The zero-order chi connectivity index (χ0) is 15.4. The summed E-state index contributed by atoms with van der Waals surface area (Å²) in [5, 5.41) is 7.61. The summed E-state index contributed by atoms with van der Waals surface area (Å²) in [6.45, 7) is 2.77. The predicted molar refractivity (Wildman–Crippen MR) is 88.7 cm³/mol. The molecular formula is C15H17N5OS. The number of benzene rings is 1. The Kier molecular flexibility index (Phi) is 4.34. The molecule has 2 aromatic heterocycles. The quantitative estimate of drug-likeness (QED) is 0.709. The van der Waals surface area contributed by atoms with Gasteiger partial charge in [0.1, 0.15) is 12.1 Å². The molecule has 3 rings (SSSR count). The van der Waals surface area contributed by atoms with Crippen molar-refractivity contribution in [3.05, 3.63) is 35.4 Å². The average Bonchev–Trinajstić information content (AvgIpc) is 3.15. The summed E-state index contributed by atoms with van der Waals surface area (Å²) in [7, 11) is 0. The van der Waals surface area contributed by atoms with E-state index in [0.29, 0.717) is 6.54 Å². The molecule has 1 aromatic carbocycles. The molecule has 2 N–H and O–H groups in total. The Hall–Kier alpha value is -2.41. The number of anilines is 1. The molecule has 3 aromatic rings. The standard InChI is InChI=1S/C15H17N5OS/c1-2-3-6-16-15(21)19-11-4-5-13-12(7-11)17-9-20(13)14-8-22-10-18-14/h4-5,7-10H,2-3,6H2,1H3,(H2,16,19,21). The molecule has 0 fully saturated rings. The first-order valence-corrected chi connectivity index (χ1v) is 8.12. The number of nitrogens with one attached hydrogen (secondary N) is 2. The highest BCUT2D eigenvalue weighted by Crippen LogP contribution is 2.21. The third-order valence-electron chi connectivity index (χ3n) is 3.29. The molecule has 6 nitrogen and oxygen atoms in total. The number of hydrogen-bond donors (Lipinski definition) is 2. The molecule has 0 unspecified atom stereocenters. The molecule has 2 amide bonds. The number of urea groups is 1. The zero-order valence-electron chi connectivity index (χ0n) is 12.2. The van der Waals surface area contributed by atoms with Gasteiger partial charge in [-0.15, -0.1) is 11.3 Å². The van der Waals surface area contributed by atoms with Gasteiger partial charge in [0.05, 0.1) is 16.5 Å². The van der Waals surface area contributed by atoms with Crippen LogP contribution in [-0.2, 0) is 0 Å². The van der Waals surface area contributed by atoms with E-state index in [2.05, 4.69) is 27.5 Å². The Morgan fingerprint density at radius 2 is 2.27 bits per heavy atom. The van der Waals surface area contributed by atoms with Crippen LogP contribution < -0.4 is 10.6 Å². The highest BCUT2D eigenvalue weighted by molar-refractivity contribution is 7.07. The average molecular weight is 315 g/mol. The summed E-state index contributed by atoms with van der Waals surface area (Å²) in [6, 6.07) is 5.47. The second kappa shape index (κ2) is 6.57. The van der Waals surface area contributed by atoms with Crippen LogP contribution in [-0.4, -0.2) is 27.1 Å². The van der Waals surface area contributed by atoms with Crippen LogP contribution in [0.15, 0.2) is 35.4 Å². The van der Waals surface area contributed by atoms with Gasteiger partial charge in [0.25, 0.3) is 0 Å².